The van der Waals surface area contributed by atoms with Crippen LogP contribution in [0.2, 0.25) is 0 Å². The van der Waals surface area contributed by atoms with Crippen molar-refractivity contribution in [2.45, 2.75) is 51.6 Å². The topological polar surface area (TPSA) is 74.8 Å². The van der Waals surface area contributed by atoms with E-state index in [0.29, 0.717) is 17.6 Å². The van der Waals surface area contributed by atoms with E-state index in [1.807, 2.05) is 0 Å². The molecule has 0 aromatic carbocycles. The number of hydrogen-bond donors (Lipinski definition) is 0. The third-order valence-electron chi connectivity index (χ3n) is 4.62. The molecule has 0 N–H and O–H groups in total. The van der Waals surface area contributed by atoms with Gasteiger partial charge in [-0.2, -0.15) is 0 Å². The van der Waals surface area contributed by atoms with Gasteiger partial charge in [0.1, 0.15) is 0 Å². The van der Waals surface area contributed by atoms with Crippen LogP contribution in [-0.2, 0) is 19.2 Å². The van der Waals surface area contributed by atoms with Crippen LogP contribution in [0.1, 0.15) is 39.5 Å². The molecule has 1 aliphatic carbocycles. The number of nitrogens with zero attached hydrogens (tertiary/aromatic N) is 2. The third kappa shape index (κ3) is 2.19. The van der Waals surface area contributed by atoms with E-state index in [1.54, 1.807) is 13.8 Å². The molecule has 3 rings (SSSR count). The maximum absolute atomic E-state index is 12.1. The molecule has 2 unspecified atom stereocenters. The summed E-state index contributed by atoms with van der Waals surface area (Å²) in [6.07, 6.45) is 5.39. The molecular weight excluding hydrogens is 284 g/mol. The minimum absolute atomic E-state index is 0.242. The number of carbonyl (C=O) groups is 4. The maximum atomic E-state index is 12.1. The summed E-state index contributed by atoms with van der Waals surface area (Å²) in [7, 11) is 0. The normalized spacial score (nSPS) is 29.4. The Morgan fingerprint density at radius 1 is 0.818 bits per heavy atom. The van der Waals surface area contributed by atoms with Gasteiger partial charge in [-0.15, -0.1) is 0 Å². The molecular formula is C16H18N2O4. The van der Waals surface area contributed by atoms with Gasteiger partial charge in [0.05, 0.1) is 0 Å². The van der Waals surface area contributed by atoms with Crippen molar-refractivity contribution in [2.75, 3.05) is 0 Å². The van der Waals surface area contributed by atoms with Crippen molar-refractivity contribution in [1.29, 1.82) is 0 Å². The summed E-state index contributed by atoms with van der Waals surface area (Å²) >= 11 is 0. The van der Waals surface area contributed by atoms with Crippen LogP contribution in [0.5, 0.6) is 0 Å². The van der Waals surface area contributed by atoms with Crippen LogP contribution < -0.4 is 0 Å². The first-order chi connectivity index (χ1) is 10.4. The van der Waals surface area contributed by atoms with E-state index in [-0.39, 0.29) is 35.7 Å². The van der Waals surface area contributed by atoms with Gasteiger partial charge >= 0.3 is 0 Å². The third-order valence-corrected chi connectivity index (χ3v) is 4.62. The SMILES string of the molecule is CC1=CC(=O)N(C2CCCC(N3C(=O)C=C(C)C3=O)C2)C1=O. The number of imide groups is 2. The Morgan fingerprint density at radius 2 is 1.23 bits per heavy atom. The highest BCUT2D eigenvalue weighted by Gasteiger charge is 2.42. The largest absolute Gasteiger partial charge is 0.272 e. The van der Waals surface area contributed by atoms with Crippen LogP contribution in [0.25, 0.3) is 0 Å². The van der Waals surface area contributed by atoms with Gasteiger partial charge in [0, 0.05) is 35.4 Å². The summed E-state index contributed by atoms with van der Waals surface area (Å²) in [6, 6.07) is -0.483. The van der Waals surface area contributed by atoms with Crippen molar-refractivity contribution < 1.29 is 19.2 Å². The molecule has 0 aromatic heterocycles. The molecule has 0 saturated heterocycles. The van der Waals surface area contributed by atoms with Crippen molar-refractivity contribution >= 4 is 23.6 Å². The molecule has 116 valence electrons. The van der Waals surface area contributed by atoms with E-state index in [4.69, 9.17) is 0 Å². The molecule has 22 heavy (non-hydrogen) atoms. The Bertz CT molecular complexity index is 593. The highest BCUT2D eigenvalue weighted by molar-refractivity contribution is 6.17. The molecule has 0 spiro atoms. The number of carbonyl (C=O) groups excluding carboxylic acids is 4. The van der Waals surface area contributed by atoms with Crippen LogP contribution in [0.15, 0.2) is 23.3 Å². The molecule has 6 heteroatoms. The van der Waals surface area contributed by atoms with Crippen LogP contribution >= 0.6 is 0 Å². The lowest BCUT2D eigenvalue weighted by Gasteiger charge is -2.37. The number of rotatable bonds is 2. The summed E-state index contributed by atoms with van der Waals surface area (Å²) in [5.74, 6) is -1.10. The first kappa shape index (κ1) is 14.7. The molecule has 3 aliphatic rings. The molecule has 6 nitrogen and oxygen atoms in total. The summed E-state index contributed by atoms with van der Waals surface area (Å²) in [5.41, 5.74) is 0.885. The molecule has 0 radical (unpaired) electrons. The van der Waals surface area contributed by atoms with Crippen molar-refractivity contribution in [3.8, 4) is 0 Å². The monoisotopic (exact) mass is 302 g/mol. The minimum atomic E-state index is -0.290. The van der Waals surface area contributed by atoms with Crippen molar-refractivity contribution in [3.63, 3.8) is 0 Å². The van der Waals surface area contributed by atoms with Gasteiger partial charge < -0.3 is 0 Å². The van der Waals surface area contributed by atoms with Gasteiger partial charge in [0.2, 0.25) is 0 Å². The number of amides is 4. The molecule has 4 amide bonds. The van der Waals surface area contributed by atoms with Crippen LogP contribution in [0, 0.1) is 0 Å². The van der Waals surface area contributed by atoms with Gasteiger partial charge in [0.25, 0.3) is 23.6 Å². The second-order valence-electron chi connectivity index (χ2n) is 6.16. The zero-order valence-corrected chi connectivity index (χ0v) is 12.7. The van der Waals surface area contributed by atoms with Crippen molar-refractivity contribution in [1.82, 2.24) is 9.80 Å². The number of hydrogen-bond acceptors (Lipinski definition) is 4. The molecule has 2 atom stereocenters. The van der Waals surface area contributed by atoms with Crippen LogP contribution in [-0.4, -0.2) is 45.5 Å². The Labute approximate surface area is 128 Å². The molecule has 1 saturated carbocycles. The first-order valence-corrected chi connectivity index (χ1v) is 7.52. The lowest BCUT2D eigenvalue weighted by atomic mass is 9.89. The van der Waals surface area contributed by atoms with E-state index >= 15 is 0 Å². The smallest absolute Gasteiger partial charge is 0.256 e. The van der Waals surface area contributed by atoms with Gasteiger partial charge in [0.15, 0.2) is 0 Å². The quantitative estimate of drug-likeness (QED) is 0.711. The Balaban J connectivity index is 1.76. The first-order valence-electron chi connectivity index (χ1n) is 7.52. The standard InChI is InChI=1S/C16H18N2O4/c1-9-6-13(19)17(15(9)21)11-4-3-5-12(8-11)18-14(20)7-10(2)16(18)22/h6-7,11-12H,3-5,8H2,1-2H3. The lowest BCUT2D eigenvalue weighted by Crippen LogP contribution is -2.50. The van der Waals surface area contributed by atoms with E-state index in [1.165, 1.54) is 22.0 Å². The average Bonchev–Trinajstić information content (AvgIpc) is 2.86. The van der Waals surface area contributed by atoms with E-state index in [0.717, 1.165) is 19.3 Å². The van der Waals surface area contributed by atoms with Gasteiger partial charge in [-0.3, -0.25) is 29.0 Å². The molecule has 2 aliphatic heterocycles. The summed E-state index contributed by atoms with van der Waals surface area (Å²) < 4.78 is 0. The Kier molecular flexibility index (Phi) is 3.47. The van der Waals surface area contributed by atoms with Gasteiger partial charge in [-0.25, -0.2) is 0 Å². The van der Waals surface area contributed by atoms with E-state index in [2.05, 4.69) is 0 Å². The minimum Gasteiger partial charge on any atom is -0.272 e. The molecule has 1 fully saturated rings. The fourth-order valence-electron chi connectivity index (χ4n) is 3.51. The molecule has 0 aromatic rings. The van der Waals surface area contributed by atoms with E-state index in [9.17, 15) is 19.2 Å². The summed E-state index contributed by atoms with van der Waals surface area (Å²) in [5, 5.41) is 0. The van der Waals surface area contributed by atoms with Gasteiger partial charge in [-0.05, 0) is 39.5 Å². The Hall–Kier alpha value is -2.24. The zero-order valence-electron chi connectivity index (χ0n) is 12.7. The fourth-order valence-corrected chi connectivity index (χ4v) is 3.51. The van der Waals surface area contributed by atoms with Crippen molar-refractivity contribution in [3.05, 3.63) is 23.3 Å². The Morgan fingerprint density at radius 3 is 1.55 bits per heavy atom. The van der Waals surface area contributed by atoms with Crippen LogP contribution in [0.4, 0.5) is 0 Å². The predicted octanol–water partition coefficient (Wildman–Crippen LogP) is 0.928. The second kappa shape index (κ2) is 5.19. The average molecular weight is 302 g/mol. The predicted molar refractivity (Wildman–Crippen MR) is 77.3 cm³/mol. The lowest BCUT2D eigenvalue weighted by molar-refractivity contribution is -0.143. The summed E-state index contributed by atoms with van der Waals surface area (Å²) in [4.78, 5) is 50.7. The fraction of sp³-hybridized carbons (Fsp3) is 0.500. The highest BCUT2D eigenvalue weighted by Crippen LogP contribution is 2.31. The van der Waals surface area contributed by atoms with E-state index < -0.39 is 0 Å². The maximum Gasteiger partial charge on any atom is 0.256 e. The van der Waals surface area contributed by atoms with Crippen LogP contribution in [0.3, 0.4) is 0 Å². The zero-order chi connectivity index (χ0) is 16.0. The molecule has 0 bridgehead atoms. The highest BCUT2D eigenvalue weighted by atomic mass is 16.2. The molecule has 2 heterocycles. The summed E-state index contributed by atoms with van der Waals surface area (Å²) in [6.45, 7) is 3.25. The van der Waals surface area contributed by atoms with Gasteiger partial charge in [-0.1, -0.05) is 0 Å². The second-order valence-corrected chi connectivity index (χ2v) is 6.16. The van der Waals surface area contributed by atoms with Crippen molar-refractivity contribution in [2.24, 2.45) is 0 Å².